The first-order valence-corrected chi connectivity index (χ1v) is 3.66. The molecule has 0 aromatic rings. The number of carbonyl (C=O) groups is 1. The second-order valence-electron chi connectivity index (χ2n) is 2.95. The zero-order chi connectivity index (χ0) is 8.43. The predicted octanol–water partition coefficient (Wildman–Crippen LogP) is -0.210. The number of rotatable bonds is 1. The Kier molecular flexibility index (Phi) is 2.46. The van der Waals surface area contributed by atoms with Crippen LogP contribution >= 0.6 is 0 Å². The van der Waals surface area contributed by atoms with Crippen LogP contribution in [0.15, 0.2) is 0 Å². The maximum atomic E-state index is 10.5. The molecule has 1 rings (SSSR count). The van der Waals surface area contributed by atoms with Crippen molar-refractivity contribution < 1.29 is 14.6 Å². The molecule has 1 aliphatic rings. The van der Waals surface area contributed by atoms with Gasteiger partial charge in [-0.25, -0.2) is 4.79 Å². The number of morpholine rings is 1. The van der Waals surface area contributed by atoms with Crippen molar-refractivity contribution in [3.05, 3.63) is 0 Å². The first kappa shape index (κ1) is 8.49. The highest BCUT2D eigenvalue weighted by molar-refractivity contribution is 5.72. The third-order valence-electron chi connectivity index (χ3n) is 2.02. The number of likely N-dealkylation sites (N-methyl/N-ethyl adjacent to an activating group) is 1. The van der Waals surface area contributed by atoms with Crippen LogP contribution in [0.3, 0.4) is 0 Å². The minimum atomic E-state index is -0.872. The molecular formula is C7H13NO3. The van der Waals surface area contributed by atoms with Crippen molar-refractivity contribution in [2.45, 2.75) is 19.1 Å². The SMILES string of the molecule is C[C@H]1COC(C(=O)O)CN1C. The summed E-state index contributed by atoms with van der Waals surface area (Å²) in [5, 5.41) is 8.59. The van der Waals surface area contributed by atoms with E-state index in [9.17, 15) is 4.79 Å². The summed E-state index contributed by atoms with van der Waals surface area (Å²) in [4.78, 5) is 12.4. The normalized spacial score (nSPS) is 33.6. The molecule has 0 aromatic heterocycles. The first-order valence-electron chi connectivity index (χ1n) is 3.66. The summed E-state index contributed by atoms with van der Waals surface area (Å²) in [6.45, 7) is 3.00. The molecule has 1 heterocycles. The molecule has 0 aromatic carbocycles. The van der Waals surface area contributed by atoms with E-state index in [0.29, 0.717) is 19.2 Å². The van der Waals surface area contributed by atoms with Gasteiger partial charge >= 0.3 is 5.97 Å². The minimum absolute atomic E-state index is 0.325. The Balaban J connectivity index is 2.46. The quantitative estimate of drug-likeness (QED) is 0.575. The van der Waals surface area contributed by atoms with Gasteiger partial charge in [0.2, 0.25) is 0 Å². The Morgan fingerprint density at radius 2 is 2.36 bits per heavy atom. The summed E-state index contributed by atoms with van der Waals surface area (Å²) >= 11 is 0. The zero-order valence-corrected chi connectivity index (χ0v) is 6.78. The molecule has 0 radical (unpaired) electrons. The van der Waals surface area contributed by atoms with Crippen molar-refractivity contribution in [2.24, 2.45) is 0 Å². The third kappa shape index (κ3) is 1.91. The van der Waals surface area contributed by atoms with E-state index in [2.05, 4.69) is 0 Å². The van der Waals surface area contributed by atoms with E-state index >= 15 is 0 Å². The van der Waals surface area contributed by atoms with Crippen molar-refractivity contribution in [1.82, 2.24) is 4.90 Å². The number of carboxylic acids is 1. The molecule has 1 saturated heterocycles. The summed E-state index contributed by atoms with van der Waals surface area (Å²) in [5.74, 6) is -0.872. The molecular weight excluding hydrogens is 146 g/mol. The fourth-order valence-electron chi connectivity index (χ4n) is 1.03. The molecule has 0 saturated carbocycles. The Labute approximate surface area is 65.8 Å². The Hall–Kier alpha value is -0.610. The molecule has 1 unspecified atom stereocenters. The van der Waals surface area contributed by atoms with Gasteiger partial charge in [-0.05, 0) is 14.0 Å². The van der Waals surface area contributed by atoms with Gasteiger partial charge in [0.25, 0.3) is 0 Å². The Morgan fingerprint density at radius 1 is 1.73 bits per heavy atom. The molecule has 4 heteroatoms. The number of carboxylic acid groups (broad SMARTS) is 1. The lowest BCUT2D eigenvalue weighted by atomic mass is 10.2. The molecule has 11 heavy (non-hydrogen) atoms. The second-order valence-corrected chi connectivity index (χ2v) is 2.95. The van der Waals surface area contributed by atoms with Crippen LogP contribution in [0.5, 0.6) is 0 Å². The van der Waals surface area contributed by atoms with Crippen molar-refractivity contribution in [3.63, 3.8) is 0 Å². The molecule has 1 aliphatic heterocycles. The van der Waals surface area contributed by atoms with Gasteiger partial charge in [-0.2, -0.15) is 0 Å². The van der Waals surface area contributed by atoms with Crippen LogP contribution in [-0.4, -0.2) is 48.3 Å². The molecule has 1 fully saturated rings. The van der Waals surface area contributed by atoms with Crippen LogP contribution in [0, 0.1) is 0 Å². The standard InChI is InChI=1S/C7H13NO3/c1-5-4-11-6(7(9)10)3-8(5)2/h5-6H,3-4H2,1-2H3,(H,9,10)/t5-,6?/m0/s1. The summed E-state index contributed by atoms with van der Waals surface area (Å²) in [7, 11) is 1.91. The van der Waals surface area contributed by atoms with Crippen LogP contribution in [0.4, 0.5) is 0 Å². The van der Waals surface area contributed by atoms with Crippen LogP contribution < -0.4 is 0 Å². The van der Waals surface area contributed by atoms with Crippen LogP contribution in [0.25, 0.3) is 0 Å². The smallest absolute Gasteiger partial charge is 0.334 e. The predicted molar refractivity (Wildman–Crippen MR) is 39.5 cm³/mol. The molecule has 1 N–H and O–H groups in total. The maximum absolute atomic E-state index is 10.5. The van der Waals surface area contributed by atoms with E-state index in [1.54, 1.807) is 0 Å². The monoisotopic (exact) mass is 159 g/mol. The van der Waals surface area contributed by atoms with Crippen molar-refractivity contribution in [1.29, 1.82) is 0 Å². The second kappa shape index (κ2) is 3.19. The van der Waals surface area contributed by atoms with Crippen molar-refractivity contribution in [2.75, 3.05) is 20.2 Å². The van der Waals surface area contributed by atoms with Gasteiger partial charge in [-0.15, -0.1) is 0 Å². The third-order valence-corrected chi connectivity index (χ3v) is 2.02. The van der Waals surface area contributed by atoms with Gasteiger partial charge in [0.1, 0.15) is 0 Å². The lowest BCUT2D eigenvalue weighted by molar-refractivity contribution is -0.157. The number of nitrogens with zero attached hydrogens (tertiary/aromatic N) is 1. The van der Waals surface area contributed by atoms with Crippen LogP contribution in [0.1, 0.15) is 6.92 Å². The fraction of sp³-hybridized carbons (Fsp3) is 0.857. The van der Waals surface area contributed by atoms with E-state index in [1.165, 1.54) is 0 Å². The number of hydrogen-bond donors (Lipinski definition) is 1. The fourth-order valence-corrected chi connectivity index (χ4v) is 1.03. The van der Waals surface area contributed by atoms with Gasteiger partial charge < -0.3 is 9.84 Å². The lowest BCUT2D eigenvalue weighted by Crippen LogP contribution is -2.48. The molecule has 4 nitrogen and oxygen atoms in total. The number of hydrogen-bond acceptors (Lipinski definition) is 3. The van der Waals surface area contributed by atoms with Crippen molar-refractivity contribution in [3.8, 4) is 0 Å². The largest absolute Gasteiger partial charge is 0.479 e. The summed E-state index contributed by atoms with van der Waals surface area (Å²) in [6, 6.07) is 0.325. The highest BCUT2D eigenvalue weighted by Crippen LogP contribution is 2.08. The van der Waals surface area contributed by atoms with E-state index < -0.39 is 12.1 Å². The molecule has 0 aliphatic carbocycles. The zero-order valence-electron chi connectivity index (χ0n) is 6.78. The Morgan fingerprint density at radius 3 is 2.82 bits per heavy atom. The average Bonchev–Trinajstić information content (AvgIpc) is 1.94. The van der Waals surface area contributed by atoms with E-state index in [1.807, 2.05) is 18.9 Å². The van der Waals surface area contributed by atoms with Crippen LogP contribution in [0.2, 0.25) is 0 Å². The molecule has 2 atom stereocenters. The van der Waals surface area contributed by atoms with Gasteiger partial charge in [0, 0.05) is 12.6 Å². The first-order chi connectivity index (χ1) is 5.11. The van der Waals surface area contributed by atoms with Crippen LogP contribution in [-0.2, 0) is 9.53 Å². The number of aliphatic carboxylic acids is 1. The minimum Gasteiger partial charge on any atom is -0.479 e. The summed E-state index contributed by atoms with van der Waals surface area (Å²) in [5.41, 5.74) is 0. The summed E-state index contributed by atoms with van der Waals surface area (Å²) < 4.78 is 5.08. The lowest BCUT2D eigenvalue weighted by Gasteiger charge is -2.33. The van der Waals surface area contributed by atoms with Gasteiger partial charge in [-0.1, -0.05) is 0 Å². The molecule has 64 valence electrons. The molecule has 0 amide bonds. The average molecular weight is 159 g/mol. The van der Waals surface area contributed by atoms with E-state index in [4.69, 9.17) is 9.84 Å². The van der Waals surface area contributed by atoms with E-state index in [0.717, 1.165) is 0 Å². The van der Waals surface area contributed by atoms with Gasteiger partial charge in [0.05, 0.1) is 6.61 Å². The number of ether oxygens (including phenoxy) is 1. The topological polar surface area (TPSA) is 49.8 Å². The Bertz CT molecular complexity index is 160. The highest BCUT2D eigenvalue weighted by Gasteiger charge is 2.27. The molecule has 0 bridgehead atoms. The summed E-state index contributed by atoms with van der Waals surface area (Å²) in [6.07, 6.45) is -0.642. The maximum Gasteiger partial charge on any atom is 0.334 e. The van der Waals surface area contributed by atoms with Gasteiger partial charge in [0.15, 0.2) is 6.10 Å². The van der Waals surface area contributed by atoms with Crippen molar-refractivity contribution >= 4 is 5.97 Å². The molecule has 0 spiro atoms. The highest BCUT2D eigenvalue weighted by atomic mass is 16.5. The van der Waals surface area contributed by atoms with Gasteiger partial charge in [-0.3, -0.25) is 4.90 Å². The van der Waals surface area contributed by atoms with E-state index in [-0.39, 0.29) is 0 Å².